The van der Waals surface area contributed by atoms with E-state index in [4.69, 9.17) is 0 Å². The van der Waals surface area contributed by atoms with E-state index in [1.54, 1.807) is 25.7 Å². The van der Waals surface area contributed by atoms with Gasteiger partial charge >= 0.3 is 0 Å². The number of hydrogen-bond acceptors (Lipinski definition) is 0. The van der Waals surface area contributed by atoms with Crippen molar-refractivity contribution in [2.24, 2.45) is 17.8 Å². The second kappa shape index (κ2) is 2.00. The van der Waals surface area contributed by atoms with Crippen LogP contribution < -0.4 is 0 Å². The van der Waals surface area contributed by atoms with Gasteiger partial charge in [0.25, 0.3) is 0 Å². The summed E-state index contributed by atoms with van der Waals surface area (Å²) in [5.41, 5.74) is 0. The van der Waals surface area contributed by atoms with E-state index in [1.807, 2.05) is 0 Å². The van der Waals surface area contributed by atoms with Gasteiger partial charge in [-0.3, -0.25) is 0 Å². The summed E-state index contributed by atoms with van der Waals surface area (Å²) in [5.74, 6) is 3.48. The highest BCUT2D eigenvalue weighted by Gasteiger charge is 2.40. The molecule has 0 aromatic carbocycles. The lowest BCUT2D eigenvalue weighted by molar-refractivity contribution is 0.169. The zero-order chi connectivity index (χ0) is 6.27. The van der Waals surface area contributed by atoms with E-state index in [9.17, 15) is 0 Å². The number of rotatable bonds is 1. The van der Waals surface area contributed by atoms with Gasteiger partial charge in [0.1, 0.15) is 0 Å². The van der Waals surface area contributed by atoms with Crippen LogP contribution >= 0.6 is 0 Å². The van der Waals surface area contributed by atoms with Gasteiger partial charge in [0, 0.05) is 0 Å². The number of fused-ring (bicyclic) bond motifs is 1. The fraction of sp³-hybridized carbons (Fsp3) is 1.00. The van der Waals surface area contributed by atoms with Crippen molar-refractivity contribution >= 4 is 0 Å². The average molecular weight is 124 g/mol. The molecule has 0 spiro atoms. The molecule has 0 heterocycles. The second-order valence-electron chi connectivity index (χ2n) is 3.75. The Morgan fingerprint density at radius 3 is 2.22 bits per heavy atom. The van der Waals surface area contributed by atoms with Gasteiger partial charge in [-0.05, 0) is 43.4 Å². The summed E-state index contributed by atoms with van der Waals surface area (Å²) >= 11 is 0. The third kappa shape index (κ3) is 0.720. The van der Waals surface area contributed by atoms with Gasteiger partial charge in [0.15, 0.2) is 0 Å². The third-order valence-electron chi connectivity index (χ3n) is 3.51. The van der Waals surface area contributed by atoms with E-state index >= 15 is 0 Å². The van der Waals surface area contributed by atoms with Crippen molar-refractivity contribution in [3.8, 4) is 0 Å². The molecule has 52 valence electrons. The summed E-state index contributed by atoms with van der Waals surface area (Å²) in [6.45, 7) is 2.35. The quantitative estimate of drug-likeness (QED) is 0.504. The van der Waals surface area contributed by atoms with E-state index in [1.165, 1.54) is 18.3 Å². The van der Waals surface area contributed by atoms with E-state index < -0.39 is 0 Å². The van der Waals surface area contributed by atoms with Gasteiger partial charge < -0.3 is 0 Å². The first-order valence-corrected chi connectivity index (χ1v) is 4.42. The Morgan fingerprint density at radius 2 is 1.89 bits per heavy atom. The molecule has 2 fully saturated rings. The van der Waals surface area contributed by atoms with Gasteiger partial charge in [-0.25, -0.2) is 0 Å². The van der Waals surface area contributed by atoms with Crippen molar-refractivity contribution in [2.45, 2.75) is 39.0 Å². The molecule has 0 saturated heterocycles. The summed E-state index contributed by atoms with van der Waals surface area (Å²) < 4.78 is 0. The summed E-state index contributed by atoms with van der Waals surface area (Å²) in [4.78, 5) is 0. The van der Waals surface area contributed by atoms with Crippen molar-refractivity contribution in [3.63, 3.8) is 0 Å². The predicted molar refractivity (Wildman–Crippen MR) is 39.2 cm³/mol. The molecular formula is C9H16. The van der Waals surface area contributed by atoms with Crippen molar-refractivity contribution in [2.75, 3.05) is 0 Å². The zero-order valence-corrected chi connectivity index (χ0v) is 6.27. The van der Waals surface area contributed by atoms with Gasteiger partial charge in [-0.15, -0.1) is 0 Å². The van der Waals surface area contributed by atoms with Crippen LogP contribution in [0.5, 0.6) is 0 Å². The van der Waals surface area contributed by atoms with Crippen molar-refractivity contribution < 1.29 is 0 Å². The normalized spacial score (nSPS) is 48.3. The van der Waals surface area contributed by atoms with E-state index in [2.05, 4.69) is 6.92 Å². The molecule has 0 N–H and O–H groups in total. The van der Waals surface area contributed by atoms with Crippen LogP contribution in [0.15, 0.2) is 0 Å². The Morgan fingerprint density at radius 1 is 1.11 bits per heavy atom. The lowest BCUT2D eigenvalue weighted by atomic mass is 9.72. The van der Waals surface area contributed by atoms with Crippen LogP contribution in [0.25, 0.3) is 0 Å². The lowest BCUT2D eigenvalue weighted by Crippen LogP contribution is -2.24. The highest BCUT2D eigenvalue weighted by molar-refractivity contribution is 4.91. The van der Waals surface area contributed by atoms with Gasteiger partial charge in [-0.1, -0.05) is 13.3 Å². The Bertz CT molecular complexity index is 105. The Balaban J connectivity index is 1.97. The Labute approximate surface area is 57.6 Å². The molecule has 2 rings (SSSR count). The summed E-state index contributed by atoms with van der Waals surface area (Å²) in [7, 11) is 0. The van der Waals surface area contributed by atoms with Crippen LogP contribution in [0.3, 0.4) is 0 Å². The average Bonchev–Trinajstić information content (AvgIpc) is 2.07. The van der Waals surface area contributed by atoms with Crippen LogP contribution in [0, 0.1) is 17.8 Å². The first-order chi connectivity index (χ1) is 4.42. The topological polar surface area (TPSA) is 0 Å². The smallest absolute Gasteiger partial charge is 0.0357 e. The molecule has 3 atom stereocenters. The first kappa shape index (κ1) is 5.76. The molecular weight excluding hydrogens is 108 g/mol. The van der Waals surface area contributed by atoms with Crippen LogP contribution in [-0.4, -0.2) is 0 Å². The Hall–Kier alpha value is 0. The minimum atomic E-state index is 1.13. The summed E-state index contributed by atoms with van der Waals surface area (Å²) in [6, 6.07) is 0. The molecule has 2 saturated carbocycles. The molecule has 0 aliphatic heterocycles. The molecule has 0 nitrogen and oxygen atoms in total. The first-order valence-electron chi connectivity index (χ1n) is 4.42. The van der Waals surface area contributed by atoms with Crippen LogP contribution in [0.1, 0.15) is 39.0 Å². The molecule has 0 heteroatoms. The monoisotopic (exact) mass is 124 g/mol. The maximum atomic E-state index is 2.35. The minimum Gasteiger partial charge on any atom is -0.0651 e. The molecule has 0 aromatic rings. The second-order valence-corrected chi connectivity index (χ2v) is 3.75. The van der Waals surface area contributed by atoms with Crippen LogP contribution in [0.2, 0.25) is 0 Å². The molecule has 1 unspecified atom stereocenters. The zero-order valence-electron chi connectivity index (χ0n) is 6.27. The molecule has 0 radical (unpaired) electrons. The minimum absolute atomic E-state index is 1.13. The van der Waals surface area contributed by atoms with E-state index in [-0.39, 0.29) is 0 Å². The van der Waals surface area contributed by atoms with Gasteiger partial charge in [0.05, 0.1) is 0 Å². The molecule has 0 bridgehead atoms. The number of hydrogen-bond donors (Lipinski definition) is 0. The fourth-order valence-electron chi connectivity index (χ4n) is 2.72. The Kier molecular flexibility index (Phi) is 1.28. The van der Waals surface area contributed by atoms with Crippen molar-refractivity contribution in [3.05, 3.63) is 0 Å². The molecule has 2 aliphatic rings. The predicted octanol–water partition coefficient (Wildman–Crippen LogP) is 2.83. The van der Waals surface area contributed by atoms with Gasteiger partial charge in [-0.2, -0.15) is 0 Å². The standard InChI is InChI=1S/C9H16/c1-2-7-3-4-8-5-6-9(7)8/h7-9H,2-6H2,1H3/t7-,8+,9?/m1/s1. The third-order valence-corrected chi connectivity index (χ3v) is 3.51. The molecule has 0 amide bonds. The molecule has 0 aromatic heterocycles. The highest BCUT2D eigenvalue weighted by atomic mass is 14.5. The van der Waals surface area contributed by atoms with Crippen molar-refractivity contribution in [1.29, 1.82) is 0 Å². The summed E-state index contributed by atoms with van der Waals surface area (Å²) in [5, 5.41) is 0. The van der Waals surface area contributed by atoms with Crippen LogP contribution in [0.4, 0.5) is 0 Å². The fourth-order valence-corrected chi connectivity index (χ4v) is 2.72. The van der Waals surface area contributed by atoms with Gasteiger partial charge in [0.2, 0.25) is 0 Å². The highest BCUT2D eigenvalue weighted by Crippen LogP contribution is 2.51. The van der Waals surface area contributed by atoms with Crippen LogP contribution in [-0.2, 0) is 0 Å². The summed E-state index contributed by atoms with van der Waals surface area (Å²) in [6.07, 6.45) is 7.67. The maximum Gasteiger partial charge on any atom is -0.0357 e. The van der Waals surface area contributed by atoms with Crippen molar-refractivity contribution in [1.82, 2.24) is 0 Å². The van der Waals surface area contributed by atoms with E-state index in [0.717, 1.165) is 5.92 Å². The lowest BCUT2D eigenvalue weighted by Gasteiger charge is -2.33. The molecule has 9 heavy (non-hydrogen) atoms. The largest absolute Gasteiger partial charge is 0.0651 e. The SMILES string of the molecule is CC[C@@H]1CC[C@H]2CCC21. The molecule has 2 aliphatic carbocycles. The maximum absolute atomic E-state index is 2.35. The van der Waals surface area contributed by atoms with E-state index in [0.29, 0.717) is 0 Å².